The summed E-state index contributed by atoms with van der Waals surface area (Å²) in [6.45, 7) is 0.677. The van der Waals surface area contributed by atoms with Crippen molar-refractivity contribution in [1.82, 2.24) is 39.0 Å². The van der Waals surface area contributed by atoms with Gasteiger partial charge in [-0.15, -0.1) is 0 Å². The summed E-state index contributed by atoms with van der Waals surface area (Å²) in [6.07, 6.45) is -10.3. The lowest BCUT2D eigenvalue weighted by atomic mass is 10.1. The fourth-order valence-electron chi connectivity index (χ4n) is 5.64. The maximum absolute atomic E-state index is 15.9. The van der Waals surface area contributed by atoms with Crippen molar-refractivity contribution in [3.63, 3.8) is 0 Å². The fraction of sp³-hybridized carbons (Fsp3) is 0.545. The number of fused-ring (bicyclic) bond motifs is 5. The third kappa shape index (κ3) is 5.38. The molecule has 3 saturated heterocycles. The summed E-state index contributed by atoms with van der Waals surface area (Å²) >= 11 is 0. The van der Waals surface area contributed by atoms with Crippen LogP contribution in [-0.4, -0.2) is 103 Å². The highest BCUT2D eigenvalue weighted by molar-refractivity contribution is 7.52. The Morgan fingerprint density at radius 2 is 1.71 bits per heavy atom. The lowest BCUT2D eigenvalue weighted by Gasteiger charge is -2.25. The molecule has 23 heteroatoms. The number of nitrogens with one attached hydrogen (secondary N) is 1. The van der Waals surface area contributed by atoms with E-state index in [9.17, 15) is 28.8 Å². The number of halogens is 1. The van der Waals surface area contributed by atoms with Gasteiger partial charge in [0.15, 0.2) is 41.3 Å². The summed E-state index contributed by atoms with van der Waals surface area (Å²) < 4.78 is 72.4. The number of H-pyrrole nitrogens is 1. The Morgan fingerprint density at radius 3 is 2.49 bits per heavy atom. The summed E-state index contributed by atoms with van der Waals surface area (Å²) in [4.78, 5) is 56.6. The van der Waals surface area contributed by atoms with Crippen molar-refractivity contribution in [3.8, 4) is 0 Å². The van der Waals surface area contributed by atoms with Crippen molar-refractivity contribution in [1.29, 1.82) is 0 Å². The van der Waals surface area contributed by atoms with Crippen molar-refractivity contribution < 1.29 is 51.5 Å². The van der Waals surface area contributed by atoms with E-state index in [0.29, 0.717) is 0 Å². The summed E-state index contributed by atoms with van der Waals surface area (Å²) in [5.74, 6) is 0.250. The van der Waals surface area contributed by atoms with Crippen LogP contribution >= 0.6 is 15.4 Å². The van der Waals surface area contributed by atoms with E-state index in [-0.39, 0.29) is 40.4 Å². The van der Waals surface area contributed by atoms with Crippen molar-refractivity contribution in [2.24, 2.45) is 0 Å². The Hall–Kier alpha value is -3.23. The highest BCUT2D eigenvalue weighted by atomic mass is 31.2. The lowest BCUT2D eigenvalue weighted by Crippen LogP contribution is -2.34. The van der Waals surface area contributed by atoms with Gasteiger partial charge in [-0.3, -0.25) is 32.1 Å². The number of anilines is 1. The number of phosphoric ester groups is 1. The first kappa shape index (κ1) is 30.4. The first-order chi connectivity index (χ1) is 21.3. The molecule has 7 heterocycles. The van der Waals surface area contributed by atoms with Gasteiger partial charge in [0.05, 0.1) is 31.5 Å². The Balaban J connectivity index is 1.21. The molecule has 0 radical (unpaired) electrons. The number of aryl methyl sites for hydroxylation is 1. The quantitative estimate of drug-likeness (QED) is 0.173. The number of ether oxygens (including phenoxy) is 2. The topological polar surface area (TPSA) is 274 Å². The number of aromatic amines is 1. The highest BCUT2D eigenvalue weighted by Gasteiger charge is 2.54. The van der Waals surface area contributed by atoms with Crippen LogP contribution < -0.4 is 11.3 Å². The number of imidazole rings is 2. The molecule has 7 rings (SSSR count). The smallest absolute Gasteiger partial charge is 0.387 e. The van der Waals surface area contributed by atoms with Crippen molar-refractivity contribution >= 4 is 43.6 Å². The average Bonchev–Trinajstić information content (AvgIpc) is 3.72. The first-order valence-corrected chi connectivity index (χ1v) is 16.7. The van der Waals surface area contributed by atoms with E-state index in [1.54, 1.807) is 0 Å². The van der Waals surface area contributed by atoms with E-state index in [4.69, 9.17) is 28.8 Å². The minimum Gasteiger partial charge on any atom is -0.387 e. The van der Waals surface area contributed by atoms with Crippen LogP contribution in [-0.2, 0) is 32.2 Å². The fourth-order valence-corrected chi connectivity index (χ4v) is 7.89. The number of nitrogens with zero attached hydrogens (tertiary/aromatic N) is 7. The van der Waals surface area contributed by atoms with Crippen LogP contribution in [0.4, 0.5) is 10.2 Å². The normalized spacial score (nSPS) is 37.7. The molecule has 2 bridgehead atoms. The molecule has 6 N–H and O–H groups in total. The van der Waals surface area contributed by atoms with Gasteiger partial charge in [0.2, 0.25) is 0 Å². The van der Waals surface area contributed by atoms with Gasteiger partial charge in [0.25, 0.3) is 5.56 Å². The van der Waals surface area contributed by atoms with E-state index in [1.165, 1.54) is 28.7 Å². The molecule has 0 aromatic carbocycles. The zero-order valence-corrected chi connectivity index (χ0v) is 24.8. The molecule has 3 aliphatic rings. The predicted molar refractivity (Wildman–Crippen MR) is 146 cm³/mol. The average molecular weight is 673 g/mol. The first-order valence-electron chi connectivity index (χ1n) is 13.5. The molecule has 0 aliphatic carbocycles. The van der Waals surface area contributed by atoms with Crippen LogP contribution in [0.2, 0.25) is 0 Å². The predicted octanol–water partition coefficient (Wildman–Crippen LogP) is -0.180. The third-order valence-corrected chi connectivity index (χ3v) is 10.1. The Morgan fingerprint density at radius 1 is 1.00 bits per heavy atom. The van der Waals surface area contributed by atoms with Gasteiger partial charge < -0.3 is 35.1 Å². The second-order valence-corrected chi connectivity index (χ2v) is 14.0. The maximum atomic E-state index is 15.9. The molecule has 0 spiro atoms. The lowest BCUT2D eigenvalue weighted by molar-refractivity contribution is -0.0572. The monoisotopic (exact) mass is 673 g/mol. The van der Waals surface area contributed by atoms with E-state index < -0.39 is 82.9 Å². The van der Waals surface area contributed by atoms with E-state index in [0.717, 1.165) is 6.33 Å². The maximum Gasteiger partial charge on any atom is 0.472 e. The molecule has 10 atom stereocenters. The number of hydrogen-bond donors (Lipinski definition) is 5. The van der Waals surface area contributed by atoms with Gasteiger partial charge in [-0.05, 0) is 13.3 Å². The largest absolute Gasteiger partial charge is 0.472 e. The van der Waals surface area contributed by atoms with Crippen molar-refractivity contribution in [3.05, 3.63) is 35.2 Å². The van der Waals surface area contributed by atoms with Crippen LogP contribution in [0.3, 0.4) is 0 Å². The minimum absolute atomic E-state index is 0.0197. The zero-order valence-electron chi connectivity index (χ0n) is 23.1. The van der Waals surface area contributed by atoms with Crippen LogP contribution in [0.1, 0.15) is 24.7 Å². The molecule has 3 aliphatic heterocycles. The van der Waals surface area contributed by atoms with Gasteiger partial charge in [-0.25, -0.2) is 33.9 Å². The number of phosphoric acid groups is 1. The van der Waals surface area contributed by atoms with Crippen molar-refractivity contribution in [2.75, 3.05) is 18.5 Å². The summed E-state index contributed by atoms with van der Waals surface area (Å²) in [7, 11) is -9.72. The molecule has 242 valence electrons. The SMILES string of the molecule is Cc1nc2c(ncn2C2OC3CCP(=O)(O)OC4C(COP(=O)(O)OC2C3O)OC(n2cnc3c(N)ncnc32)C4F)c(=O)[nH]1. The van der Waals surface area contributed by atoms with Crippen LogP contribution in [0.5, 0.6) is 0 Å². The number of alkyl halides is 1. The van der Waals surface area contributed by atoms with Gasteiger partial charge in [0, 0.05) is 0 Å². The molecular weight excluding hydrogens is 647 g/mol. The molecule has 10 unspecified atom stereocenters. The molecule has 0 amide bonds. The van der Waals surface area contributed by atoms with E-state index in [1.807, 2.05) is 0 Å². The van der Waals surface area contributed by atoms with Crippen LogP contribution in [0, 0.1) is 6.92 Å². The van der Waals surface area contributed by atoms with Crippen LogP contribution in [0.25, 0.3) is 22.3 Å². The number of aromatic nitrogens is 8. The van der Waals surface area contributed by atoms with Gasteiger partial charge >= 0.3 is 15.4 Å². The second-order valence-electron chi connectivity index (χ2n) is 10.7. The number of hydrogen-bond acceptors (Lipinski definition) is 15. The second kappa shape index (κ2) is 10.9. The number of aliphatic hydroxyl groups excluding tert-OH is 1. The number of nitrogens with two attached hydrogens (primary N) is 1. The van der Waals surface area contributed by atoms with E-state index in [2.05, 4.69) is 29.9 Å². The van der Waals surface area contributed by atoms with Gasteiger partial charge in [0.1, 0.15) is 42.1 Å². The highest BCUT2D eigenvalue weighted by Crippen LogP contribution is 2.54. The van der Waals surface area contributed by atoms with Gasteiger partial charge in [-0.1, -0.05) is 0 Å². The summed E-state index contributed by atoms with van der Waals surface area (Å²) in [6, 6.07) is 0. The minimum atomic E-state index is -5.09. The summed E-state index contributed by atoms with van der Waals surface area (Å²) in [5.41, 5.74) is 5.46. The third-order valence-electron chi connectivity index (χ3n) is 7.71. The molecular formula is C22H26FN9O11P2. The molecule has 45 heavy (non-hydrogen) atoms. The number of rotatable bonds is 2. The molecule has 4 aromatic rings. The number of nitrogen functional groups attached to an aromatic ring is 1. The molecule has 20 nitrogen and oxygen atoms in total. The summed E-state index contributed by atoms with van der Waals surface area (Å²) in [5, 5.41) is 11.1. The Labute approximate surface area is 250 Å². The zero-order chi connectivity index (χ0) is 31.8. The standard InChI is InChI=1S/C22H26FN9O11P2/c1-8-29-19-13(20(34)30-8)28-7-32(19)22-16-14(33)9(40-22)2-3-44(35,36)42-15-10(4-39-45(37,38)43-16)41-21(11(15)23)31-6-27-12-17(24)25-5-26-18(12)31/h5-7,9-11,14-16,21-22,33H,2-4H2,1H3,(H,35,36)(H,37,38)(H2,24,25,26)(H,29,30,34). The number of aliphatic hydroxyl groups is 1. The Kier molecular flexibility index (Phi) is 7.40. The van der Waals surface area contributed by atoms with Crippen LogP contribution in [0.15, 0.2) is 23.8 Å². The molecule has 3 fully saturated rings. The molecule has 4 aromatic heterocycles. The van der Waals surface area contributed by atoms with Crippen molar-refractivity contribution in [2.45, 2.75) is 62.5 Å². The van der Waals surface area contributed by atoms with Gasteiger partial charge in [-0.2, -0.15) is 0 Å². The molecule has 0 saturated carbocycles. The Bertz CT molecular complexity index is 1940. The van der Waals surface area contributed by atoms with E-state index >= 15 is 4.39 Å².